The predicted molar refractivity (Wildman–Crippen MR) is 111 cm³/mol. The maximum Gasteiger partial charge on any atom is 0.321 e. The summed E-state index contributed by atoms with van der Waals surface area (Å²) in [6.07, 6.45) is 0. The lowest BCUT2D eigenvalue weighted by Crippen LogP contribution is -3.12. The Bertz CT molecular complexity index is 811. The molecule has 0 aliphatic carbocycles. The van der Waals surface area contributed by atoms with Crippen LogP contribution in [0.5, 0.6) is 11.5 Å². The molecule has 2 atom stereocenters. The molecule has 29 heavy (non-hydrogen) atoms. The number of rotatable bonds is 9. The Kier molecular flexibility index (Phi) is 8.48. The SMILES string of the molecule is CCOc1ccc(C[NH+](C)[C@H](C)C(=O)NC(=O)NCc2ccccc2)cc1OC. The third-order valence-electron chi connectivity index (χ3n) is 4.68. The standard InChI is InChI=1S/C22H29N3O4/c1-5-29-19-12-11-18(13-20(19)28-4)15-25(3)16(2)21(26)24-22(27)23-14-17-9-7-6-8-10-17/h6-13,16H,5,14-15H2,1-4H3,(H2,23,24,26,27)/p+1/t16-/m1/s1. The first-order chi connectivity index (χ1) is 13.9. The molecule has 2 aromatic rings. The molecule has 0 aromatic heterocycles. The van der Waals surface area contributed by atoms with E-state index in [1.807, 2.05) is 62.5 Å². The first-order valence-corrected chi connectivity index (χ1v) is 9.69. The molecule has 1 unspecified atom stereocenters. The van der Waals surface area contributed by atoms with Gasteiger partial charge >= 0.3 is 6.03 Å². The number of likely N-dealkylation sites (N-methyl/N-ethyl adjacent to an activating group) is 1. The smallest absolute Gasteiger partial charge is 0.321 e. The van der Waals surface area contributed by atoms with Crippen LogP contribution in [0.4, 0.5) is 4.79 Å². The molecular formula is C22H30N3O4+. The van der Waals surface area contributed by atoms with Crippen LogP contribution in [0.15, 0.2) is 48.5 Å². The normalized spacial score (nSPS) is 12.6. The number of methoxy groups -OCH3 is 1. The Morgan fingerprint density at radius 2 is 1.79 bits per heavy atom. The van der Waals surface area contributed by atoms with Crippen molar-refractivity contribution in [3.8, 4) is 11.5 Å². The van der Waals surface area contributed by atoms with Gasteiger partial charge in [-0.1, -0.05) is 30.3 Å². The number of carbonyl (C=O) groups excluding carboxylic acids is 2. The van der Waals surface area contributed by atoms with Gasteiger partial charge in [-0.15, -0.1) is 0 Å². The Morgan fingerprint density at radius 1 is 1.07 bits per heavy atom. The molecular weight excluding hydrogens is 370 g/mol. The molecule has 0 aliphatic heterocycles. The largest absolute Gasteiger partial charge is 0.493 e. The van der Waals surface area contributed by atoms with Gasteiger partial charge < -0.3 is 19.7 Å². The van der Waals surface area contributed by atoms with Crippen LogP contribution in [0.2, 0.25) is 0 Å². The second kappa shape index (κ2) is 11.1. The lowest BCUT2D eigenvalue weighted by atomic mass is 10.1. The van der Waals surface area contributed by atoms with Crippen molar-refractivity contribution in [3.05, 3.63) is 59.7 Å². The van der Waals surface area contributed by atoms with Crippen LogP contribution in [0.1, 0.15) is 25.0 Å². The zero-order valence-corrected chi connectivity index (χ0v) is 17.5. The molecule has 0 radical (unpaired) electrons. The molecule has 0 heterocycles. The third kappa shape index (κ3) is 6.80. The monoisotopic (exact) mass is 400 g/mol. The van der Waals surface area contributed by atoms with Crippen molar-refractivity contribution < 1.29 is 24.0 Å². The van der Waals surface area contributed by atoms with E-state index in [1.165, 1.54) is 0 Å². The molecule has 7 heteroatoms. The van der Waals surface area contributed by atoms with Crippen LogP contribution >= 0.6 is 0 Å². The molecule has 3 N–H and O–H groups in total. The summed E-state index contributed by atoms with van der Waals surface area (Å²) < 4.78 is 10.9. The first-order valence-electron chi connectivity index (χ1n) is 9.69. The van der Waals surface area contributed by atoms with Crippen molar-refractivity contribution in [3.63, 3.8) is 0 Å². The Hall–Kier alpha value is -3.06. The molecule has 2 rings (SSSR count). The molecule has 0 spiro atoms. The maximum atomic E-state index is 12.4. The molecule has 7 nitrogen and oxygen atoms in total. The minimum Gasteiger partial charge on any atom is -0.493 e. The average Bonchev–Trinajstić information content (AvgIpc) is 2.73. The zero-order valence-electron chi connectivity index (χ0n) is 17.5. The van der Waals surface area contributed by atoms with E-state index < -0.39 is 12.1 Å². The highest BCUT2D eigenvalue weighted by molar-refractivity contribution is 5.96. The highest BCUT2D eigenvalue weighted by Crippen LogP contribution is 2.27. The van der Waals surface area contributed by atoms with E-state index >= 15 is 0 Å². The number of amides is 3. The van der Waals surface area contributed by atoms with Gasteiger partial charge in [0.1, 0.15) is 6.54 Å². The third-order valence-corrected chi connectivity index (χ3v) is 4.68. The molecule has 0 aliphatic rings. The zero-order chi connectivity index (χ0) is 21.2. The Morgan fingerprint density at radius 3 is 2.45 bits per heavy atom. The van der Waals surface area contributed by atoms with Crippen LogP contribution in [-0.4, -0.2) is 38.7 Å². The summed E-state index contributed by atoms with van der Waals surface area (Å²) in [7, 11) is 3.51. The van der Waals surface area contributed by atoms with Crippen LogP contribution in [0.25, 0.3) is 0 Å². The fourth-order valence-electron chi connectivity index (χ4n) is 2.84. The van der Waals surface area contributed by atoms with Gasteiger partial charge in [0.2, 0.25) is 0 Å². The van der Waals surface area contributed by atoms with E-state index in [0.29, 0.717) is 31.2 Å². The van der Waals surface area contributed by atoms with Crippen molar-refractivity contribution in [1.29, 1.82) is 0 Å². The summed E-state index contributed by atoms with van der Waals surface area (Å²) in [5.74, 6) is 1.03. The molecule has 0 fully saturated rings. The molecule has 0 saturated carbocycles. The fraction of sp³-hybridized carbons (Fsp3) is 0.364. The quantitative estimate of drug-likeness (QED) is 0.596. The van der Waals surface area contributed by atoms with E-state index in [9.17, 15) is 9.59 Å². The Labute approximate surface area is 172 Å². The summed E-state index contributed by atoms with van der Waals surface area (Å²) in [5.41, 5.74) is 1.98. The van der Waals surface area contributed by atoms with E-state index in [1.54, 1.807) is 14.0 Å². The predicted octanol–water partition coefficient (Wildman–Crippen LogP) is 1.52. The molecule has 3 amide bonds. The van der Waals surface area contributed by atoms with Gasteiger partial charge in [0, 0.05) is 12.1 Å². The minimum atomic E-state index is -0.499. The van der Waals surface area contributed by atoms with E-state index in [2.05, 4.69) is 10.6 Å². The van der Waals surface area contributed by atoms with Crippen molar-refractivity contribution in [2.24, 2.45) is 0 Å². The maximum absolute atomic E-state index is 12.4. The lowest BCUT2D eigenvalue weighted by Gasteiger charge is -2.21. The van der Waals surface area contributed by atoms with Crippen molar-refractivity contribution >= 4 is 11.9 Å². The molecule has 0 bridgehead atoms. The summed E-state index contributed by atoms with van der Waals surface area (Å²) in [5, 5.41) is 5.11. The average molecular weight is 400 g/mol. The number of quaternary nitrogens is 1. The number of hydrogen-bond donors (Lipinski definition) is 3. The van der Waals surface area contributed by atoms with Gasteiger partial charge in [0.25, 0.3) is 5.91 Å². The number of urea groups is 1. The first kappa shape index (κ1) is 22.2. The molecule has 156 valence electrons. The molecule has 0 saturated heterocycles. The number of hydrogen-bond acceptors (Lipinski definition) is 4. The topological polar surface area (TPSA) is 81.1 Å². The number of benzene rings is 2. The Balaban J connectivity index is 1.87. The highest BCUT2D eigenvalue weighted by Gasteiger charge is 2.24. The minimum absolute atomic E-state index is 0.328. The summed E-state index contributed by atoms with van der Waals surface area (Å²) >= 11 is 0. The van der Waals surface area contributed by atoms with Gasteiger partial charge in [-0.2, -0.15) is 0 Å². The van der Waals surface area contributed by atoms with Crippen LogP contribution in [-0.2, 0) is 17.9 Å². The fourth-order valence-corrected chi connectivity index (χ4v) is 2.84. The van der Waals surface area contributed by atoms with E-state index in [0.717, 1.165) is 16.0 Å². The molecule has 2 aromatic carbocycles. The van der Waals surface area contributed by atoms with Gasteiger partial charge in [0.15, 0.2) is 17.5 Å². The number of ether oxygens (including phenoxy) is 2. The number of nitrogens with one attached hydrogen (secondary N) is 3. The second-order valence-corrected chi connectivity index (χ2v) is 6.82. The van der Waals surface area contributed by atoms with E-state index in [4.69, 9.17) is 9.47 Å². The van der Waals surface area contributed by atoms with Crippen LogP contribution in [0.3, 0.4) is 0 Å². The van der Waals surface area contributed by atoms with Crippen molar-refractivity contribution in [2.75, 3.05) is 20.8 Å². The van der Waals surface area contributed by atoms with Gasteiger partial charge in [-0.3, -0.25) is 10.1 Å². The summed E-state index contributed by atoms with van der Waals surface area (Å²) in [4.78, 5) is 25.4. The summed E-state index contributed by atoms with van der Waals surface area (Å²) in [6, 6.07) is 14.4. The summed E-state index contributed by atoms with van der Waals surface area (Å²) in [6.45, 7) is 5.24. The highest BCUT2D eigenvalue weighted by atomic mass is 16.5. The van der Waals surface area contributed by atoms with Crippen LogP contribution < -0.4 is 25.0 Å². The van der Waals surface area contributed by atoms with Crippen molar-refractivity contribution in [1.82, 2.24) is 10.6 Å². The number of carbonyl (C=O) groups is 2. The lowest BCUT2D eigenvalue weighted by molar-refractivity contribution is -0.908. The second-order valence-electron chi connectivity index (χ2n) is 6.82. The van der Waals surface area contributed by atoms with Gasteiger partial charge in [-0.05, 0) is 37.6 Å². The van der Waals surface area contributed by atoms with Gasteiger partial charge in [-0.25, -0.2) is 4.79 Å². The van der Waals surface area contributed by atoms with Gasteiger partial charge in [0.05, 0.1) is 20.8 Å². The van der Waals surface area contributed by atoms with E-state index in [-0.39, 0.29) is 5.91 Å². The van der Waals surface area contributed by atoms with Crippen molar-refractivity contribution in [2.45, 2.75) is 33.0 Å². The van der Waals surface area contributed by atoms with Crippen LogP contribution in [0, 0.1) is 0 Å². The number of imide groups is 1.